The van der Waals surface area contributed by atoms with E-state index >= 15 is 0 Å². The Morgan fingerprint density at radius 1 is 1.43 bits per heavy atom. The monoisotopic (exact) mass is 187 g/mol. The van der Waals surface area contributed by atoms with Gasteiger partial charge in [-0.3, -0.25) is 4.79 Å². The fourth-order valence-electron chi connectivity index (χ4n) is 1.79. The van der Waals surface area contributed by atoms with E-state index in [1.54, 1.807) is 0 Å². The molecule has 0 saturated carbocycles. The first-order valence-corrected chi connectivity index (χ1v) is 4.81. The number of carbonyl (C=O) groups excluding carboxylic acids is 1. The van der Waals surface area contributed by atoms with Crippen molar-refractivity contribution in [2.24, 2.45) is 0 Å². The minimum atomic E-state index is 0.779. The van der Waals surface area contributed by atoms with E-state index in [0.717, 1.165) is 29.3 Å². The van der Waals surface area contributed by atoms with Gasteiger partial charge in [0, 0.05) is 29.2 Å². The van der Waals surface area contributed by atoms with Gasteiger partial charge in [-0.15, -0.1) is 0 Å². The minimum Gasteiger partial charge on any atom is -0.347 e. The van der Waals surface area contributed by atoms with Crippen molar-refractivity contribution in [3.05, 3.63) is 35.5 Å². The van der Waals surface area contributed by atoms with Crippen LogP contribution in [0.4, 0.5) is 0 Å². The lowest BCUT2D eigenvalue weighted by Crippen LogP contribution is -1.90. The number of nitrogens with zero attached hydrogens (tertiary/aromatic N) is 1. The predicted octanol–water partition coefficient (Wildman–Crippen LogP) is 2.78. The molecule has 2 aromatic rings. The van der Waals surface area contributed by atoms with Crippen LogP contribution in [-0.4, -0.2) is 10.9 Å². The van der Waals surface area contributed by atoms with E-state index in [2.05, 4.69) is 24.5 Å². The standard InChI is InChI=1S/C12H13NO/c1-3-13-7-10(8-14)11-5-4-9(2)6-12(11)13/h4-8H,3H2,1-2H3. The highest BCUT2D eigenvalue weighted by Gasteiger charge is 2.06. The molecule has 2 rings (SSSR count). The van der Waals surface area contributed by atoms with Gasteiger partial charge in [0.1, 0.15) is 0 Å². The Bertz CT molecular complexity index is 482. The van der Waals surface area contributed by atoms with Crippen molar-refractivity contribution in [2.75, 3.05) is 0 Å². The zero-order valence-electron chi connectivity index (χ0n) is 8.45. The highest BCUT2D eigenvalue weighted by atomic mass is 16.1. The van der Waals surface area contributed by atoms with Crippen molar-refractivity contribution in [3.63, 3.8) is 0 Å². The Morgan fingerprint density at radius 3 is 2.86 bits per heavy atom. The van der Waals surface area contributed by atoms with Gasteiger partial charge in [-0.1, -0.05) is 12.1 Å². The first-order valence-electron chi connectivity index (χ1n) is 4.81. The molecule has 2 nitrogen and oxygen atoms in total. The number of aldehydes is 1. The molecule has 2 heteroatoms. The van der Waals surface area contributed by atoms with Crippen LogP contribution in [-0.2, 0) is 6.54 Å². The number of hydrogen-bond donors (Lipinski definition) is 0. The summed E-state index contributed by atoms with van der Waals surface area (Å²) in [4.78, 5) is 10.8. The summed E-state index contributed by atoms with van der Waals surface area (Å²) in [6, 6.07) is 6.17. The maximum atomic E-state index is 10.8. The summed E-state index contributed by atoms with van der Waals surface area (Å²) >= 11 is 0. The SMILES string of the molecule is CCn1cc(C=O)c2ccc(C)cc21. The molecule has 0 aliphatic rings. The molecule has 0 amide bonds. The molecule has 0 fully saturated rings. The highest BCUT2D eigenvalue weighted by Crippen LogP contribution is 2.21. The van der Waals surface area contributed by atoms with Gasteiger partial charge >= 0.3 is 0 Å². The van der Waals surface area contributed by atoms with Crippen molar-refractivity contribution in [2.45, 2.75) is 20.4 Å². The third-order valence-electron chi connectivity index (χ3n) is 2.54. The maximum absolute atomic E-state index is 10.8. The molecule has 0 aliphatic carbocycles. The van der Waals surface area contributed by atoms with Gasteiger partial charge in [0.15, 0.2) is 6.29 Å². The third-order valence-corrected chi connectivity index (χ3v) is 2.54. The number of fused-ring (bicyclic) bond motifs is 1. The van der Waals surface area contributed by atoms with E-state index in [1.807, 2.05) is 18.3 Å². The summed E-state index contributed by atoms with van der Waals surface area (Å²) in [5.74, 6) is 0. The Hall–Kier alpha value is -1.57. The number of carbonyl (C=O) groups is 1. The van der Waals surface area contributed by atoms with E-state index in [0.29, 0.717) is 0 Å². The zero-order valence-corrected chi connectivity index (χ0v) is 8.45. The van der Waals surface area contributed by atoms with Gasteiger partial charge in [0.25, 0.3) is 0 Å². The van der Waals surface area contributed by atoms with Crippen LogP contribution in [0.25, 0.3) is 10.9 Å². The maximum Gasteiger partial charge on any atom is 0.152 e. The summed E-state index contributed by atoms with van der Waals surface area (Å²) in [5.41, 5.74) is 3.15. The molecule has 1 aromatic carbocycles. The summed E-state index contributed by atoms with van der Waals surface area (Å²) in [6.07, 6.45) is 2.83. The number of rotatable bonds is 2. The average Bonchev–Trinajstić information content (AvgIpc) is 2.55. The smallest absolute Gasteiger partial charge is 0.152 e. The van der Waals surface area contributed by atoms with Gasteiger partial charge in [-0.25, -0.2) is 0 Å². The summed E-state index contributed by atoms with van der Waals surface area (Å²) < 4.78 is 2.10. The van der Waals surface area contributed by atoms with Crippen molar-refractivity contribution in [1.29, 1.82) is 0 Å². The van der Waals surface area contributed by atoms with E-state index in [-0.39, 0.29) is 0 Å². The van der Waals surface area contributed by atoms with Crippen LogP contribution >= 0.6 is 0 Å². The molecule has 14 heavy (non-hydrogen) atoms. The van der Waals surface area contributed by atoms with Crippen molar-refractivity contribution >= 4 is 17.2 Å². The molecular weight excluding hydrogens is 174 g/mol. The number of hydrogen-bond acceptors (Lipinski definition) is 1. The van der Waals surface area contributed by atoms with E-state index in [4.69, 9.17) is 0 Å². The number of aromatic nitrogens is 1. The Labute approximate surface area is 83.2 Å². The third kappa shape index (κ3) is 1.23. The normalized spacial score (nSPS) is 10.7. The topological polar surface area (TPSA) is 22.0 Å². The molecule has 0 atom stereocenters. The van der Waals surface area contributed by atoms with Crippen LogP contribution in [0, 0.1) is 6.92 Å². The molecule has 0 N–H and O–H groups in total. The van der Waals surface area contributed by atoms with Crippen LogP contribution in [0.15, 0.2) is 24.4 Å². The largest absolute Gasteiger partial charge is 0.347 e. The molecule has 0 saturated heterocycles. The molecule has 1 aromatic heterocycles. The van der Waals surface area contributed by atoms with Gasteiger partial charge < -0.3 is 4.57 Å². The lowest BCUT2D eigenvalue weighted by molar-refractivity contribution is 0.112. The summed E-state index contributed by atoms with van der Waals surface area (Å²) in [5, 5.41) is 1.05. The molecule has 0 aliphatic heterocycles. The van der Waals surface area contributed by atoms with Crippen LogP contribution in [0.5, 0.6) is 0 Å². The van der Waals surface area contributed by atoms with E-state index < -0.39 is 0 Å². The second-order valence-corrected chi connectivity index (χ2v) is 3.51. The fourth-order valence-corrected chi connectivity index (χ4v) is 1.79. The molecule has 0 bridgehead atoms. The fraction of sp³-hybridized carbons (Fsp3) is 0.250. The average molecular weight is 187 g/mol. The van der Waals surface area contributed by atoms with Crippen LogP contribution in [0.3, 0.4) is 0 Å². The Balaban J connectivity index is 2.82. The summed E-state index contributed by atoms with van der Waals surface area (Å²) in [6.45, 7) is 5.04. The number of aryl methyl sites for hydroxylation is 2. The molecular formula is C12H13NO. The Kier molecular flexibility index (Phi) is 2.12. The summed E-state index contributed by atoms with van der Waals surface area (Å²) in [7, 11) is 0. The Morgan fingerprint density at radius 2 is 2.21 bits per heavy atom. The van der Waals surface area contributed by atoms with Gasteiger partial charge in [-0.05, 0) is 25.5 Å². The van der Waals surface area contributed by atoms with Crippen molar-refractivity contribution < 1.29 is 4.79 Å². The lowest BCUT2D eigenvalue weighted by Gasteiger charge is -2.00. The lowest BCUT2D eigenvalue weighted by atomic mass is 10.1. The van der Waals surface area contributed by atoms with Crippen molar-refractivity contribution in [3.8, 4) is 0 Å². The van der Waals surface area contributed by atoms with Gasteiger partial charge in [0.05, 0.1) is 0 Å². The van der Waals surface area contributed by atoms with Crippen molar-refractivity contribution in [1.82, 2.24) is 4.57 Å². The highest BCUT2D eigenvalue weighted by molar-refractivity contribution is 5.97. The van der Waals surface area contributed by atoms with Crippen LogP contribution in [0.1, 0.15) is 22.8 Å². The van der Waals surface area contributed by atoms with Gasteiger partial charge in [-0.2, -0.15) is 0 Å². The van der Waals surface area contributed by atoms with E-state index in [9.17, 15) is 4.79 Å². The predicted molar refractivity (Wildman–Crippen MR) is 57.7 cm³/mol. The van der Waals surface area contributed by atoms with E-state index in [1.165, 1.54) is 5.56 Å². The quantitative estimate of drug-likeness (QED) is 0.662. The molecule has 1 heterocycles. The van der Waals surface area contributed by atoms with Crippen LogP contribution in [0.2, 0.25) is 0 Å². The first-order chi connectivity index (χ1) is 6.76. The molecule has 72 valence electrons. The molecule has 0 spiro atoms. The molecule has 0 radical (unpaired) electrons. The second-order valence-electron chi connectivity index (χ2n) is 3.51. The van der Waals surface area contributed by atoms with Gasteiger partial charge in [0.2, 0.25) is 0 Å². The zero-order chi connectivity index (χ0) is 10.1. The molecule has 0 unspecified atom stereocenters. The second kappa shape index (κ2) is 3.29. The van der Waals surface area contributed by atoms with Crippen LogP contribution < -0.4 is 0 Å². The minimum absolute atomic E-state index is 0.779. The first kappa shape index (κ1) is 9.00. The number of benzene rings is 1.